The van der Waals surface area contributed by atoms with Crippen molar-refractivity contribution in [3.05, 3.63) is 11.8 Å². The molecule has 0 amide bonds. The Morgan fingerprint density at radius 3 is 2.70 bits per heavy atom. The fourth-order valence-corrected chi connectivity index (χ4v) is 5.81. The summed E-state index contributed by atoms with van der Waals surface area (Å²) in [4.78, 5) is 10.9. The maximum Gasteiger partial charge on any atom is 0.340 e. The molecule has 0 saturated carbocycles. The molecule has 1 aliphatic rings. The Labute approximate surface area is 115 Å². The molecule has 1 atom stereocenters. The summed E-state index contributed by atoms with van der Waals surface area (Å²) in [6, 6.07) is 0. The SMILES string of the molecule is CC1(NS(=O)(=O)c2[nH]ncc2C(=O)O)CCS(=O)(=O)C1. The first kappa shape index (κ1) is 14.9. The smallest absolute Gasteiger partial charge is 0.340 e. The summed E-state index contributed by atoms with van der Waals surface area (Å²) in [5.41, 5.74) is -1.65. The van der Waals surface area contributed by atoms with Gasteiger partial charge in [0, 0.05) is 5.54 Å². The van der Waals surface area contributed by atoms with Gasteiger partial charge in [-0.25, -0.2) is 26.4 Å². The van der Waals surface area contributed by atoms with Crippen molar-refractivity contribution in [1.29, 1.82) is 0 Å². The Morgan fingerprint density at radius 2 is 2.20 bits per heavy atom. The Morgan fingerprint density at radius 1 is 1.55 bits per heavy atom. The van der Waals surface area contributed by atoms with Crippen LogP contribution in [0.3, 0.4) is 0 Å². The predicted octanol–water partition coefficient (Wildman–Crippen LogP) is -1.04. The summed E-state index contributed by atoms with van der Waals surface area (Å²) in [5.74, 6) is -1.88. The van der Waals surface area contributed by atoms with Crippen molar-refractivity contribution in [2.45, 2.75) is 23.9 Å². The van der Waals surface area contributed by atoms with Gasteiger partial charge in [0.15, 0.2) is 14.9 Å². The zero-order valence-corrected chi connectivity index (χ0v) is 12.1. The highest BCUT2D eigenvalue weighted by molar-refractivity contribution is 7.92. The third kappa shape index (κ3) is 2.83. The molecule has 2 heterocycles. The quantitative estimate of drug-likeness (QED) is 0.641. The van der Waals surface area contributed by atoms with Gasteiger partial charge in [-0.2, -0.15) is 5.10 Å². The topological polar surface area (TPSA) is 146 Å². The van der Waals surface area contributed by atoms with E-state index in [1.165, 1.54) is 6.92 Å². The lowest BCUT2D eigenvalue weighted by Crippen LogP contribution is -2.47. The van der Waals surface area contributed by atoms with Crippen molar-refractivity contribution < 1.29 is 26.7 Å². The second-order valence-corrected chi connectivity index (χ2v) is 8.73. The molecule has 20 heavy (non-hydrogen) atoms. The van der Waals surface area contributed by atoms with Crippen LogP contribution >= 0.6 is 0 Å². The van der Waals surface area contributed by atoms with E-state index in [1.54, 1.807) is 0 Å². The van der Waals surface area contributed by atoms with Gasteiger partial charge in [0.2, 0.25) is 0 Å². The number of nitrogens with zero attached hydrogens (tertiary/aromatic N) is 1. The van der Waals surface area contributed by atoms with E-state index in [9.17, 15) is 21.6 Å². The summed E-state index contributed by atoms with van der Waals surface area (Å²) < 4.78 is 49.4. The van der Waals surface area contributed by atoms with E-state index < -0.39 is 42.0 Å². The van der Waals surface area contributed by atoms with Gasteiger partial charge in [-0.1, -0.05) is 0 Å². The molecule has 1 aromatic rings. The van der Waals surface area contributed by atoms with Gasteiger partial charge in [-0.15, -0.1) is 0 Å². The Bertz CT molecular complexity index is 750. The van der Waals surface area contributed by atoms with Crippen LogP contribution in [-0.4, -0.2) is 55.2 Å². The molecule has 1 unspecified atom stereocenters. The number of aromatic amines is 1. The molecule has 3 N–H and O–H groups in total. The fourth-order valence-electron chi connectivity index (χ4n) is 2.10. The van der Waals surface area contributed by atoms with Crippen LogP contribution in [0.25, 0.3) is 0 Å². The first-order chi connectivity index (χ1) is 9.05. The molecule has 2 rings (SSSR count). The molecule has 0 bridgehead atoms. The fraction of sp³-hybridized carbons (Fsp3) is 0.556. The van der Waals surface area contributed by atoms with Crippen LogP contribution < -0.4 is 4.72 Å². The van der Waals surface area contributed by atoms with Gasteiger partial charge in [0.05, 0.1) is 17.7 Å². The number of rotatable bonds is 4. The molecule has 1 fully saturated rings. The van der Waals surface area contributed by atoms with Gasteiger partial charge < -0.3 is 5.11 Å². The third-order valence-corrected chi connectivity index (χ3v) is 6.50. The molecule has 0 aromatic carbocycles. The summed E-state index contributed by atoms with van der Waals surface area (Å²) in [5, 5.41) is 13.8. The highest BCUT2D eigenvalue weighted by Crippen LogP contribution is 2.25. The van der Waals surface area contributed by atoms with Crippen LogP contribution in [-0.2, 0) is 19.9 Å². The number of H-pyrrole nitrogens is 1. The minimum absolute atomic E-state index is 0.110. The standard InChI is InChI=1S/C9H13N3O6S2/c1-9(2-3-19(15,16)5-9)12-20(17,18)7-6(8(13)14)4-10-11-7/h4,12H,2-3,5H2,1H3,(H,10,11)(H,13,14). The van der Waals surface area contributed by atoms with E-state index in [1.807, 2.05) is 0 Å². The first-order valence-electron chi connectivity index (χ1n) is 5.56. The van der Waals surface area contributed by atoms with Crippen molar-refractivity contribution in [3.8, 4) is 0 Å². The monoisotopic (exact) mass is 323 g/mol. The number of hydrogen-bond donors (Lipinski definition) is 3. The molecular weight excluding hydrogens is 310 g/mol. The molecule has 9 nitrogen and oxygen atoms in total. The van der Waals surface area contributed by atoms with Gasteiger partial charge in [-0.3, -0.25) is 5.10 Å². The maximum absolute atomic E-state index is 12.2. The van der Waals surface area contributed by atoms with E-state index in [2.05, 4.69) is 14.9 Å². The van der Waals surface area contributed by atoms with Crippen molar-refractivity contribution >= 4 is 25.8 Å². The first-order valence-corrected chi connectivity index (χ1v) is 8.86. The van der Waals surface area contributed by atoms with Crippen LogP contribution in [0, 0.1) is 0 Å². The van der Waals surface area contributed by atoms with Gasteiger partial charge in [0.25, 0.3) is 10.0 Å². The highest BCUT2D eigenvalue weighted by atomic mass is 32.2. The number of carboxylic acids is 1. The van der Waals surface area contributed by atoms with Gasteiger partial charge >= 0.3 is 5.97 Å². The van der Waals surface area contributed by atoms with Gasteiger partial charge in [0.1, 0.15) is 5.56 Å². The largest absolute Gasteiger partial charge is 0.478 e. The van der Waals surface area contributed by atoms with Crippen LogP contribution in [0.1, 0.15) is 23.7 Å². The number of aromatic nitrogens is 2. The average molecular weight is 323 g/mol. The van der Waals surface area contributed by atoms with E-state index >= 15 is 0 Å². The van der Waals surface area contributed by atoms with E-state index in [-0.39, 0.29) is 17.9 Å². The molecule has 1 aliphatic heterocycles. The van der Waals surface area contributed by atoms with Crippen molar-refractivity contribution in [1.82, 2.24) is 14.9 Å². The lowest BCUT2D eigenvalue weighted by Gasteiger charge is -2.23. The Hall–Kier alpha value is -1.46. The average Bonchev–Trinajstić information content (AvgIpc) is 2.82. The zero-order valence-electron chi connectivity index (χ0n) is 10.5. The maximum atomic E-state index is 12.2. The lowest BCUT2D eigenvalue weighted by molar-refractivity contribution is 0.0692. The minimum atomic E-state index is -4.20. The zero-order chi connectivity index (χ0) is 15.2. The Kier molecular flexibility index (Phi) is 3.38. The van der Waals surface area contributed by atoms with Crippen molar-refractivity contribution in [2.75, 3.05) is 11.5 Å². The molecule has 1 aromatic heterocycles. The van der Waals surface area contributed by atoms with Crippen molar-refractivity contribution in [2.24, 2.45) is 0 Å². The summed E-state index contributed by atoms with van der Waals surface area (Å²) in [6.45, 7) is 1.46. The normalized spacial score (nSPS) is 25.6. The number of sulfone groups is 1. The highest BCUT2D eigenvalue weighted by Gasteiger charge is 2.42. The molecule has 11 heteroatoms. The number of sulfonamides is 1. The number of aromatic carboxylic acids is 1. The molecular formula is C9H13N3O6S2. The van der Waals surface area contributed by atoms with Crippen molar-refractivity contribution in [3.63, 3.8) is 0 Å². The summed E-state index contributed by atoms with van der Waals surface area (Å²) in [7, 11) is -7.49. The number of carbonyl (C=O) groups is 1. The predicted molar refractivity (Wildman–Crippen MR) is 67.5 cm³/mol. The Balaban J connectivity index is 2.33. The number of nitrogens with one attached hydrogen (secondary N) is 2. The third-order valence-electron chi connectivity index (χ3n) is 2.99. The van der Waals surface area contributed by atoms with E-state index in [0.29, 0.717) is 0 Å². The summed E-state index contributed by atoms with van der Waals surface area (Å²) in [6.07, 6.45) is 1.01. The molecule has 0 aliphatic carbocycles. The van der Waals surface area contributed by atoms with E-state index in [4.69, 9.17) is 5.11 Å². The van der Waals surface area contributed by atoms with Crippen LogP contribution in [0.15, 0.2) is 11.2 Å². The second kappa shape index (κ2) is 4.53. The summed E-state index contributed by atoms with van der Waals surface area (Å²) >= 11 is 0. The van der Waals surface area contributed by atoms with Crippen LogP contribution in [0.5, 0.6) is 0 Å². The molecule has 0 spiro atoms. The second-order valence-electron chi connectivity index (χ2n) is 4.93. The molecule has 0 radical (unpaired) electrons. The molecule has 1 saturated heterocycles. The van der Waals surface area contributed by atoms with E-state index in [0.717, 1.165) is 6.20 Å². The van der Waals surface area contributed by atoms with Gasteiger partial charge in [-0.05, 0) is 13.3 Å². The lowest BCUT2D eigenvalue weighted by atomic mass is 10.0. The van der Waals surface area contributed by atoms with Crippen LogP contribution in [0.4, 0.5) is 0 Å². The number of hydrogen-bond acceptors (Lipinski definition) is 6. The molecule has 112 valence electrons. The number of carboxylic acid groups (broad SMARTS) is 1. The van der Waals surface area contributed by atoms with Crippen LogP contribution in [0.2, 0.25) is 0 Å². The minimum Gasteiger partial charge on any atom is -0.478 e.